The van der Waals surface area contributed by atoms with E-state index in [1.807, 2.05) is 6.92 Å². The van der Waals surface area contributed by atoms with Crippen LogP contribution in [0.3, 0.4) is 0 Å². The van der Waals surface area contributed by atoms with Gasteiger partial charge in [-0.25, -0.2) is 0 Å². The van der Waals surface area contributed by atoms with E-state index >= 15 is 0 Å². The average Bonchev–Trinajstić information content (AvgIpc) is 2.32. The van der Waals surface area contributed by atoms with Crippen molar-refractivity contribution in [1.82, 2.24) is 10.4 Å². The molecule has 0 bridgehead atoms. The number of rotatable bonds is 2. The van der Waals surface area contributed by atoms with Crippen LogP contribution in [0.2, 0.25) is 0 Å². The third kappa shape index (κ3) is 1.75. The summed E-state index contributed by atoms with van der Waals surface area (Å²) in [6.07, 6.45) is 1.71. The van der Waals surface area contributed by atoms with Gasteiger partial charge in [0.05, 0.1) is 0 Å². The molecule has 0 saturated carbocycles. The topological polar surface area (TPSA) is 49.4 Å². The summed E-state index contributed by atoms with van der Waals surface area (Å²) < 4.78 is 0. The van der Waals surface area contributed by atoms with E-state index in [0.717, 1.165) is 12.8 Å². The summed E-state index contributed by atoms with van der Waals surface area (Å²) in [4.78, 5) is 22.0. The van der Waals surface area contributed by atoms with E-state index in [9.17, 15) is 9.59 Å². The van der Waals surface area contributed by atoms with E-state index in [0.29, 0.717) is 6.54 Å². The highest BCUT2D eigenvalue weighted by Gasteiger charge is 2.30. The zero-order valence-electron chi connectivity index (χ0n) is 7.46. The highest BCUT2D eigenvalue weighted by atomic mass is 16.2. The van der Waals surface area contributed by atoms with Crippen molar-refractivity contribution in [2.75, 3.05) is 6.54 Å². The molecule has 12 heavy (non-hydrogen) atoms. The Morgan fingerprint density at radius 1 is 1.75 bits per heavy atom. The van der Waals surface area contributed by atoms with Crippen LogP contribution in [0.5, 0.6) is 0 Å². The average molecular weight is 170 g/mol. The van der Waals surface area contributed by atoms with Crippen LogP contribution >= 0.6 is 0 Å². The minimum Gasteiger partial charge on any atom is -0.274 e. The smallest absolute Gasteiger partial charge is 0.244 e. The molecule has 4 nitrogen and oxygen atoms in total. The molecule has 0 aromatic carbocycles. The molecule has 1 atom stereocenters. The van der Waals surface area contributed by atoms with E-state index in [-0.39, 0.29) is 17.7 Å². The molecule has 1 aliphatic heterocycles. The number of hydrogen-bond acceptors (Lipinski definition) is 2. The van der Waals surface area contributed by atoms with Gasteiger partial charge in [-0.3, -0.25) is 20.0 Å². The van der Waals surface area contributed by atoms with Gasteiger partial charge >= 0.3 is 0 Å². The van der Waals surface area contributed by atoms with Crippen LogP contribution in [-0.4, -0.2) is 23.4 Å². The van der Waals surface area contributed by atoms with Crippen LogP contribution in [0, 0.1) is 5.92 Å². The number of carbonyl (C=O) groups excluding carboxylic acids is 2. The highest BCUT2D eigenvalue weighted by molar-refractivity contribution is 5.84. The zero-order valence-corrected chi connectivity index (χ0v) is 7.46. The first kappa shape index (κ1) is 9.03. The summed E-state index contributed by atoms with van der Waals surface area (Å²) in [5, 5.41) is 1.41. The van der Waals surface area contributed by atoms with Gasteiger partial charge in [0, 0.05) is 19.4 Å². The largest absolute Gasteiger partial charge is 0.274 e. The lowest BCUT2D eigenvalue weighted by Crippen LogP contribution is -2.42. The molecule has 0 aliphatic carbocycles. The number of nitrogens with one attached hydrogen (secondary N) is 1. The van der Waals surface area contributed by atoms with Gasteiger partial charge in [0.1, 0.15) is 0 Å². The van der Waals surface area contributed by atoms with Crippen molar-refractivity contribution in [2.45, 2.75) is 26.7 Å². The molecule has 1 heterocycles. The zero-order chi connectivity index (χ0) is 9.14. The molecule has 68 valence electrons. The number of nitrogens with zero attached hydrogens (tertiary/aromatic N) is 1. The predicted octanol–water partition coefficient (Wildman–Crippen LogP) is 0.296. The molecule has 0 unspecified atom stereocenters. The Labute approximate surface area is 71.9 Å². The van der Waals surface area contributed by atoms with Crippen LogP contribution in [0.4, 0.5) is 0 Å². The molecule has 0 aromatic heterocycles. The molecule has 1 rings (SSSR count). The van der Waals surface area contributed by atoms with Crippen LogP contribution in [0.25, 0.3) is 0 Å². The number of amides is 2. The van der Waals surface area contributed by atoms with Crippen LogP contribution < -0.4 is 5.43 Å². The fraction of sp³-hybridized carbons (Fsp3) is 0.750. The van der Waals surface area contributed by atoms with E-state index in [4.69, 9.17) is 0 Å². The molecule has 1 N–H and O–H groups in total. The summed E-state index contributed by atoms with van der Waals surface area (Å²) >= 11 is 0. The first-order valence-electron chi connectivity index (χ1n) is 4.23. The molecule has 1 aliphatic rings. The monoisotopic (exact) mass is 170 g/mol. The maximum atomic E-state index is 11.4. The summed E-state index contributed by atoms with van der Waals surface area (Å²) in [5.41, 5.74) is 2.50. The second kappa shape index (κ2) is 3.56. The number of hydrazine groups is 1. The molecule has 0 aromatic rings. The maximum absolute atomic E-state index is 11.4. The summed E-state index contributed by atoms with van der Waals surface area (Å²) in [5.74, 6) is -0.0235. The van der Waals surface area contributed by atoms with E-state index < -0.39 is 0 Å². The Hall–Kier alpha value is -1.06. The van der Waals surface area contributed by atoms with Crippen molar-refractivity contribution in [2.24, 2.45) is 5.92 Å². The van der Waals surface area contributed by atoms with E-state index in [1.165, 1.54) is 11.9 Å². The minimum atomic E-state index is -0.180. The Balaban J connectivity index is 2.49. The second-order valence-corrected chi connectivity index (χ2v) is 3.05. The fourth-order valence-electron chi connectivity index (χ4n) is 1.42. The Kier molecular flexibility index (Phi) is 2.68. The van der Waals surface area contributed by atoms with Gasteiger partial charge in [-0.2, -0.15) is 0 Å². The van der Waals surface area contributed by atoms with Crippen LogP contribution in [0.1, 0.15) is 26.7 Å². The number of carbonyl (C=O) groups is 2. The van der Waals surface area contributed by atoms with Gasteiger partial charge in [0.25, 0.3) is 0 Å². The van der Waals surface area contributed by atoms with Crippen molar-refractivity contribution in [1.29, 1.82) is 0 Å². The van der Waals surface area contributed by atoms with Gasteiger partial charge in [0.15, 0.2) is 0 Å². The lowest BCUT2D eigenvalue weighted by molar-refractivity contribution is -0.139. The van der Waals surface area contributed by atoms with Crippen molar-refractivity contribution in [3.63, 3.8) is 0 Å². The molecule has 0 radical (unpaired) electrons. The van der Waals surface area contributed by atoms with Gasteiger partial charge in [-0.15, -0.1) is 0 Å². The molecular formula is C8H14N2O2. The Morgan fingerprint density at radius 2 is 2.42 bits per heavy atom. The SMILES string of the molecule is CC[C@@H]1CCN(NC(C)=O)C1=O. The first-order valence-corrected chi connectivity index (χ1v) is 4.23. The van der Waals surface area contributed by atoms with Gasteiger partial charge in [-0.1, -0.05) is 6.92 Å². The third-order valence-electron chi connectivity index (χ3n) is 2.10. The quantitative estimate of drug-likeness (QED) is 0.647. The molecule has 1 saturated heterocycles. The maximum Gasteiger partial charge on any atom is 0.244 e. The molecule has 1 fully saturated rings. The lowest BCUT2D eigenvalue weighted by atomic mass is 10.1. The van der Waals surface area contributed by atoms with Gasteiger partial charge in [-0.05, 0) is 12.8 Å². The van der Waals surface area contributed by atoms with Gasteiger partial charge in [0.2, 0.25) is 11.8 Å². The van der Waals surface area contributed by atoms with Crippen LogP contribution in [-0.2, 0) is 9.59 Å². The summed E-state index contributed by atoms with van der Waals surface area (Å²) in [6, 6.07) is 0. The minimum absolute atomic E-state index is 0.0488. The molecular weight excluding hydrogens is 156 g/mol. The van der Waals surface area contributed by atoms with Crippen LogP contribution in [0.15, 0.2) is 0 Å². The van der Waals surface area contributed by atoms with E-state index in [2.05, 4.69) is 5.43 Å². The molecule has 0 spiro atoms. The summed E-state index contributed by atoms with van der Waals surface area (Å²) in [6.45, 7) is 4.04. The Morgan fingerprint density at radius 3 is 2.83 bits per heavy atom. The molecule has 2 amide bonds. The van der Waals surface area contributed by atoms with E-state index in [1.54, 1.807) is 0 Å². The van der Waals surface area contributed by atoms with Crippen molar-refractivity contribution in [3.05, 3.63) is 0 Å². The summed E-state index contributed by atoms with van der Waals surface area (Å²) in [7, 11) is 0. The standard InChI is InChI=1S/C8H14N2O2/c1-3-7-4-5-10(8(7)12)9-6(2)11/h7H,3-5H2,1-2H3,(H,9,11)/t7-/m1/s1. The number of hydrogen-bond donors (Lipinski definition) is 1. The highest BCUT2D eigenvalue weighted by Crippen LogP contribution is 2.18. The lowest BCUT2D eigenvalue weighted by Gasteiger charge is -2.15. The molecule has 4 heteroatoms. The second-order valence-electron chi connectivity index (χ2n) is 3.05. The third-order valence-corrected chi connectivity index (χ3v) is 2.10. The predicted molar refractivity (Wildman–Crippen MR) is 43.9 cm³/mol. The first-order chi connectivity index (χ1) is 5.65. The normalized spacial score (nSPS) is 23.0. The fourth-order valence-corrected chi connectivity index (χ4v) is 1.42. The van der Waals surface area contributed by atoms with Crippen molar-refractivity contribution in [3.8, 4) is 0 Å². The van der Waals surface area contributed by atoms with Crippen molar-refractivity contribution < 1.29 is 9.59 Å². The Bertz CT molecular complexity index is 203. The van der Waals surface area contributed by atoms with Gasteiger partial charge < -0.3 is 0 Å². The van der Waals surface area contributed by atoms with Crippen molar-refractivity contribution >= 4 is 11.8 Å².